The van der Waals surface area contributed by atoms with Crippen molar-refractivity contribution in [3.05, 3.63) is 38.0 Å². The zero-order chi connectivity index (χ0) is 33.4. The standard InChI is InChI=1S/3C7H13N.2H4O7P2.3Pt/c3*1-6-4-2-3-5-7(6)8;2*1-8(2,3)7-9(4,5)6;;;/h3*6-8H,1-5H2;2*(H2,1,2,3)(H2,4,5,6);;;/q3*-2;;;3*+2/t3*6-,7-;;;;;/m111...../s1. The molecule has 11 N–H and O–H groups in total. The van der Waals surface area contributed by atoms with Gasteiger partial charge in [0.2, 0.25) is 0 Å². The minimum atomic E-state index is -5.05. The maximum absolute atomic E-state index is 9.63. The summed E-state index contributed by atoms with van der Waals surface area (Å²) in [7, 11) is -20.2. The molecule has 0 spiro atoms. The van der Waals surface area contributed by atoms with Gasteiger partial charge in [0, 0.05) is 0 Å². The summed E-state index contributed by atoms with van der Waals surface area (Å²) >= 11 is 0. The first kappa shape index (κ1) is 56.8. The molecule has 3 saturated carbocycles. The van der Waals surface area contributed by atoms with Gasteiger partial charge in [-0.15, -0.1) is 0 Å². The van der Waals surface area contributed by atoms with Crippen LogP contribution in [0.5, 0.6) is 0 Å². The Morgan fingerprint density at radius 1 is 0.422 bits per heavy atom. The Bertz CT molecular complexity index is 765. The molecule has 45 heavy (non-hydrogen) atoms. The van der Waals surface area contributed by atoms with Crippen LogP contribution in [0.25, 0.3) is 17.2 Å². The van der Waals surface area contributed by atoms with Gasteiger partial charge in [-0.3, -0.25) is 0 Å². The molecule has 0 aromatic carbocycles. The van der Waals surface area contributed by atoms with E-state index in [1.54, 1.807) is 0 Å². The van der Waals surface area contributed by atoms with Gasteiger partial charge in [-0.2, -0.15) is 44.5 Å². The molecule has 24 heteroatoms. The molecule has 0 unspecified atom stereocenters. The fraction of sp³-hybridized carbons (Fsp3) is 0.857. The fourth-order valence-electron chi connectivity index (χ4n) is 3.90. The van der Waals surface area contributed by atoms with Gasteiger partial charge in [0.25, 0.3) is 0 Å². The van der Waals surface area contributed by atoms with E-state index >= 15 is 0 Å². The molecule has 3 fully saturated rings. The van der Waals surface area contributed by atoms with Crippen molar-refractivity contribution < 1.29 is 129 Å². The van der Waals surface area contributed by atoms with E-state index in [1.165, 1.54) is 57.8 Å². The molecule has 0 aromatic rings. The second-order valence-corrected chi connectivity index (χ2v) is 15.3. The Balaban J connectivity index is -0.000000146. The van der Waals surface area contributed by atoms with Gasteiger partial charge < -0.3 is 77.1 Å². The van der Waals surface area contributed by atoms with Crippen LogP contribution in [-0.2, 0) is 90.1 Å². The molecule has 0 aromatic heterocycles. The molecule has 3 rings (SSSR count). The van der Waals surface area contributed by atoms with Crippen LogP contribution in [0, 0.1) is 38.5 Å². The van der Waals surface area contributed by atoms with Crippen LogP contribution in [-0.4, -0.2) is 57.3 Å². The van der Waals surface area contributed by atoms with Crippen LogP contribution in [0.4, 0.5) is 0 Å². The van der Waals surface area contributed by atoms with Gasteiger partial charge in [-0.25, -0.2) is 18.3 Å². The summed E-state index contributed by atoms with van der Waals surface area (Å²) in [6.07, 6.45) is 14.4. The molecule has 3 aliphatic rings. The van der Waals surface area contributed by atoms with Gasteiger partial charge in [0.15, 0.2) is 0 Å². The van der Waals surface area contributed by atoms with Crippen molar-refractivity contribution >= 4 is 31.3 Å². The van der Waals surface area contributed by atoms with Crippen LogP contribution in [0.1, 0.15) is 77.0 Å². The summed E-state index contributed by atoms with van der Waals surface area (Å²) in [6, 6.07) is 0.427. The zero-order valence-electron chi connectivity index (χ0n) is 24.3. The van der Waals surface area contributed by atoms with E-state index in [9.17, 15) is 18.3 Å². The van der Waals surface area contributed by atoms with Crippen molar-refractivity contribution in [3.63, 3.8) is 0 Å². The number of rotatable bonds is 4. The van der Waals surface area contributed by atoms with E-state index in [-0.39, 0.29) is 81.3 Å². The van der Waals surface area contributed by atoms with Gasteiger partial charge in [0.05, 0.1) is 0 Å². The van der Waals surface area contributed by atoms with Crippen LogP contribution in [0.2, 0.25) is 0 Å². The Morgan fingerprint density at radius 3 is 0.644 bits per heavy atom. The fourth-order valence-corrected chi connectivity index (χ4v) is 6.12. The number of hydrogen-bond acceptors (Lipinski definition) is 6. The van der Waals surface area contributed by atoms with E-state index < -0.39 is 31.3 Å². The number of hydrogen-bond donors (Lipinski definition) is 8. The molecule has 0 aliphatic heterocycles. The van der Waals surface area contributed by atoms with Crippen LogP contribution >= 0.6 is 31.3 Å². The van der Waals surface area contributed by atoms with Crippen molar-refractivity contribution in [2.24, 2.45) is 17.8 Å². The third-order valence-corrected chi connectivity index (χ3v) is 9.56. The summed E-state index contributed by atoms with van der Waals surface area (Å²) in [4.78, 5) is 62.0. The second-order valence-electron chi connectivity index (χ2n) is 10.1. The van der Waals surface area contributed by atoms with E-state index in [1.807, 2.05) is 0 Å². The molecule has 280 valence electrons. The summed E-state index contributed by atoms with van der Waals surface area (Å²) < 4.78 is 44.4. The monoisotopic (exact) mass is 1270 g/mol. The molecular weight excluding hydrogens is 1230 g/mol. The van der Waals surface area contributed by atoms with Crippen molar-refractivity contribution in [1.82, 2.24) is 0 Å². The molecular formula is C21H47N3O14P4Pt3. The quantitative estimate of drug-likeness (QED) is 0.124. The molecule has 17 nitrogen and oxygen atoms in total. The number of phosphoric acid groups is 4. The molecule has 6 atom stereocenters. The number of nitrogens with one attached hydrogen (secondary N) is 3. The molecule has 0 amide bonds. The largest absolute Gasteiger partial charge is 2.00 e. The first-order valence-corrected chi connectivity index (χ1v) is 19.2. The first-order valence-electron chi connectivity index (χ1n) is 13.1. The first-order chi connectivity index (χ1) is 18.8. The molecule has 0 saturated heterocycles. The van der Waals surface area contributed by atoms with Crippen molar-refractivity contribution in [2.45, 2.75) is 95.2 Å². The van der Waals surface area contributed by atoms with E-state index in [0.29, 0.717) is 17.8 Å². The summed E-state index contributed by atoms with van der Waals surface area (Å²) in [5.74, 6) is 1.26. The summed E-state index contributed by atoms with van der Waals surface area (Å²) in [6.45, 7) is 11.7. The Hall–Kier alpha value is 2.46. The molecule has 0 radical (unpaired) electrons. The van der Waals surface area contributed by atoms with E-state index in [2.05, 4.69) is 29.4 Å². The molecule has 3 aliphatic carbocycles. The molecule has 0 heterocycles. The Morgan fingerprint density at radius 2 is 0.578 bits per heavy atom. The third-order valence-electron chi connectivity index (χ3n) is 6.15. The Labute approximate surface area is 309 Å². The SMILES string of the molecule is O=P(O)(O)OP(=O)(O)O.O=P(O)(O)OP(=O)(O)O.[CH2-][C@@H]1CCCC[C@H]1[NH-].[CH2-][C@@H]1CCCC[C@H]1[NH-].[CH2-][C@@H]1CCCC[C@H]1[NH-].[Pt+2].[Pt+2].[Pt+2]. The maximum atomic E-state index is 9.63. The topological polar surface area (TPSA) is 320 Å². The van der Waals surface area contributed by atoms with E-state index in [4.69, 9.17) is 56.3 Å². The van der Waals surface area contributed by atoms with Gasteiger partial charge in [-0.05, 0) is 0 Å². The van der Waals surface area contributed by atoms with Crippen molar-refractivity contribution in [3.8, 4) is 0 Å². The summed E-state index contributed by atoms with van der Waals surface area (Å²) in [5.41, 5.74) is 22.2. The van der Waals surface area contributed by atoms with E-state index in [0.717, 1.165) is 19.3 Å². The average Bonchev–Trinajstić information content (AvgIpc) is 2.77. The normalized spacial score (nSPS) is 26.7. The minimum absolute atomic E-state index is 0. The van der Waals surface area contributed by atoms with Crippen LogP contribution in [0.15, 0.2) is 0 Å². The molecule has 0 bridgehead atoms. The Kier molecular flexibility index (Phi) is 35.5. The van der Waals surface area contributed by atoms with Crippen LogP contribution in [0.3, 0.4) is 0 Å². The maximum Gasteiger partial charge on any atom is 2.00 e. The summed E-state index contributed by atoms with van der Waals surface area (Å²) in [5, 5.41) is 0. The second kappa shape index (κ2) is 28.1. The average molecular weight is 1270 g/mol. The smallest absolute Gasteiger partial charge is 0.677 e. The van der Waals surface area contributed by atoms with Gasteiger partial charge >= 0.3 is 94.5 Å². The van der Waals surface area contributed by atoms with Crippen molar-refractivity contribution in [2.75, 3.05) is 0 Å². The van der Waals surface area contributed by atoms with Gasteiger partial charge in [0.1, 0.15) is 0 Å². The van der Waals surface area contributed by atoms with Crippen LogP contribution < -0.4 is 0 Å². The third kappa shape index (κ3) is 40.8. The predicted molar refractivity (Wildman–Crippen MR) is 157 cm³/mol. The van der Waals surface area contributed by atoms with Gasteiger partial charge in [-0.1, -0.05) is 77.0 Å². The zero-order valence-corrected chi connectivity index (χ0v) is 34.7. The minimum Gasteiger partial charge on any atom is -0.677 e. The predicted octanol–water partition coefficient (Wildman–Crippen LogP) is 5.66. The van der Waals surface area contributed by atoms with Crippen molar-refractivity contribution in [1.29, 1.82) is 0 Å².